The van der Waals surface area contributed by atoms with Crippen molar-refractivity contribution in [1.82, 2.24) is 5.32 Å². The Morgan fingerprint density at radius 2 is 2.00 bits per heavy atom. The standard InChI is InChI=1S/C8H13N3O.C2H6/c1-5(10-2)7(9)11-8(12)6-3-4-6;1-2/h6,10H,1,3-4H2,2H3,(H2,9,11,12);1-2H3. The molecule has 0 radical (unpaired) electrons. The molecule has 0 unspecified atom stereocenters. The molecule has 80 valence electrons. The van der Waals surface area contributed by atoms with Gasteiger partial charge in [0.25, 0.3) is 5.91 Å². The van der Waals surface area contributed by atoms with Gasteiger partial charge >= 0.3 is 0 Å². The fourth-order valence-corrected chi connectivity index (χ4v) is 0.736. The largest absolute Gasteiger partial charge is 0.386 e. The van der Waals surface area contributed by atoms with Crippen molar-refractivity contribution in [3.8, 4) is 0 Å². The molecule has 0 heterocycles. The van der Waals surface area contributed by atoms with Crippen LogP contribution in [-0.4, -0.2) is 18.8 Å². The van der Waals surface area contributed by atoms with E-state index >= 15 is 0 Å². The lowest BCUT2D eigenvalue weighted by atomic mass is 10.4. The lowest BCUT2D eigenvalue weighted by Crippen LogP contribution is -2.24. The van der Waals surface area contributed by atoms with Gasteiger partial charge in [0.1, 0.15) is 5.84 Å². The van der Waals surface area contributed by atoms with Crippen LogP contribution in [0.25, 0.3) is 0 Å². The number of hydrogen-bond donors (Lipinski definition) is 2. The van der Waals surface area contributed by atoms with Crippen molar-refractivity contribution in [2.75, 3.05) is 7.05 Å². The van der Waals surface area contributed by atoms with Crippen LogP contribution in [0.4, 0.5) is 0 Å². The van der Waals surface area contributed by atoms with Crippen molar-refractivity contribution in [2.24, 2.45) is 16.6 Å². The predicted octanol–water partition coefficient (Wildman–Crippen LogP) is 1.04. The predicted molar refractivity (Wildman–Crippen MR) is 58.9 cm³/mol. The fraction of sp³-hybridized carbons (Fsp3) is 0.600. The van der Waals surface area contributed by atoms with E-state index in [1.165, 1.54) is 0 Å². The third-order valence-corrected chi connectivity index (χ3v) is 1.77. The number of amides is 1. The maximum absolute atomic E-state index is 11.1. The molecular formula is C10H19N3O. The zero-order chi connectivity index (χ0) is 11.1. The van der Waals surface area contributed by atoms with E-state index in [0.29, 0.717) is 5.70 Å². The van der Waals surface area contributed by atoms with Gasteiger partial charge in [-0.3, -0.25) is 4.79 Å². The average molecular weight is 197 g/mol. The van der Waals surface area contributed by atoms with Crippen LogP contribution < -0.4 is 11.1 Å². The molecule has 1 saturated carbocycles. The van der Waals surface area contributed by atoms with Gasteiger partial charge in [-0.1, -0.05) is 20.4 Å². The van der Waals surface area contributed by atoms with E-state index in [1.807, 2.05) is 13.8 Å². The number of rotatable bonds is 3. The highest BCUT2D eigenvalue weighted by Gasteiger charge is 2.29. The monoisotopic (exact) mass is 197 g/mol. The first-order chi connectivity index (χ1) is 6.65. The molecule has 0 aliphatic heterocycles. The van der Waals surface area contributed by atoms with Crippen molar-refractivity contribution in [3.63, 3.8) is 0 Å². The summed E-state index contributed by atoms with van der Waals surface area (Å²) >= 11 is 0. The van der Waals surface area contributed by atoms with Crippen molar-refractivity contribution in [3.05, 3.63) is 12.3 Å². The van der Waals surface area contributed by atoms with Crippen LogP contribution >= 0.6 is 0 Å². The summed E-state index contributed by atoms with van der Waals surface area (Å²) in [5.41, 5.74) is 5.95. The highest BCUT2D eigenvalue weighted by atomic mass is 16.1. The Kier molecular flexibility index (Phi) is 5.60. The summed E-state index contributed by atoms with van der Waals surface area (Å²) in [5.74, 6) is 0.187. The van der Waals surface area contributed by atoms with Gasteiger partial charge < -0.3 is 11.1 Å². The van der Waals surface area contributed by atoms with Gasteiger partial charge in [-0.2, -0.15) is 4.99 Å². The zero-order valence-electron chi connectivity index (χ0n) is 9.13. The van der Waals surface area contributed by atoms with Crippen molar-refractivity contribution >= 4 is 11.7 Å². The van der Waals surface area contributed by atoms with Crippen LogP contribution in [0.15, 0.2) is 17.3 Å². The zero-order valence-corrected chi connectivity index (χ0v) is 9.13. The normalized spacial score (nSPS) is 15.2. The van der Waals surface area contributed by atoms with Gasteiger partial charge in [0.05, 0.1) is 5.70 Å². The molecule has 0 aromatic carbocycles. The number of aliphatic imine (C=N–C) groups is 1. The molecule has 0 saturated heterocycles. The Hall–Kier alpha value is -1.32. The summed E-state index contributed by atoms with van der Waals surface area (Å²) in [6.45, 7) is 7.59. The van der Waals surface area contributed by atoms with E-state index in [1.54, 1.807) is 7.05 Å². The number of likely N-dealkylation sites (N-methyl/N-ethyl adjacent to an activating group) is 1. The SMILES string of the molecule is C=C(NC)C(N)=NC(=O)C1CC1.CC. The third kappa shape index (κ3) is 4.07. The lowest BCUT2D eigenvalue weighted by molar-refractivity contribution is -0.118. The minimum Gasteiger partial charge on any atom is -0.386 e. The number of carbonyl (C=O) groups is 1. The van der Waals surface area contributed by atoms with Crippen LogP contribution in [0, 0.1) is 5.92 Å². The number of nitrogens with one attached hydrogen (secondary N) is 1. The number of carbonyl (C=O) groups excluding carboxylic acids is 1. The summed E-state index contributed by atoms with van der Waals surface area (Å²) in [7, 11) is 1.69. The number of amidine groups is 1. The molecule has 4 heteroatoms. The topological polar surface area (TPSA) is 67.5 Å². The van der Waals surface area contributed by atoms with E-state index in [4.69, 9.17) is 5.73 Å². The molecule has 1 rings (SSSR count). The quantitative estimate of drug-likeness (QED) is 0.524. The first-order valence-corrected chi connectivity index (χ1v) is 4.90. The molecule has 0 bridgehead atoms. The molecule has 1 fully saturated rings. The molecule has 1 aliphatic rings. The summed E-state index contributed by atoms with van der Waals surface area (Å²) in [4.78, 5) is 14.8. The molecule has 0 aromatic rings. The highest BCUT2D eigenvalue weighted by molar-refractivity contribution is 6.03. The second-order valence-corrected chi connectivity index (χ2v) is 2.84. The van der Waals surface area contributed by atoms with E-state index in [9.17, 15) is 4.79 Å². The van der Waals surface area contributed by atoms with Gasteiger partial charge in [-0.15, -0.1) is 0 Å². The molecular weight excluding hydrogens is 178 g/mol. The number of nitrogens with zero attached hydrogens (tertiary/aromatic N) is 1. The first kappa shape index (κ1) is 12.7. The van der Waals surface area contributed by atoms with Crippen LogP contribution in [0.2, 0.25) is 0 Å². The molecule has 1 amide bonds. The number of nitrogens with two attached hydrogens (primary N) is 1. The van der Waals surface area contributed by atoms with E-state index in [0.717, 1.165) is 12.8 Å². The summed E-state index contributed by atoms with van der Waals surface area (Å²) in [6, 6.07) is 0. The fourth-order valence-electron chi connectivity index (χ4n) is 0.736. The first-order valence-electron chi connectivity index (χ1n) is 4.90. The molecule has 3 N–H and O–H groups in total. The van der Waals surface area contributed by atoms with Crippen LogP contribution in [-0.2, 0) is 4.79 Å². The molecule has 0 atom stereocenters. The van der Waals surface area contributed by atoms with Crippen LogP contribution in [0.1, 0.15) is 26.7 Å². The molecule has 14 heavy (non-hydrogen) atoms. The van der Waals surface area contributed by atoms with Gasteiger partial charge in [-0.25, -0.2) is 0 Å². The molecule has 4 nitrogen and oxygen atoms in total. The summed E-state index contributed by atoms with van der Waals surface area (Å²) in [5, 5.41) is 2.73. The molecule has 0 spiro atoms. The van der Waals surface area contributed by atoms with Gasteiger partial charge in [0, 0.05) is 13.0 Å². The second kappa shape index (κ2) is 6.18. The van der Waals surface area contributed by atoms with Crippen LogP contribution in [0.5, 0.6) is 0 Å². The average Bonchev–Trinajstić information content (AvgIpc) is 3.02. The maximum Gasteiger partial charge on any atom is 0.250 e. The van der Waals surface area contributed by atoms with Crippen molar-refractivity contribution in [2.45, 2.75) is 26.7 Å². The van der Waals surface area contributed by atoms with Crippen molar-refractivity contribution < 1.29 is 4.79 Å². The Balaban J connectivity index is 0.000000791. The molecule has 0 aromatic heterocycles. The van der Waals surface area contributed by atoms with Crippen LogP contribution in [0.3, 0.4) is 0 Å². The van der Waals surface area contributed by atoms with E-state index in [2.05, 4.69) is 16.9 Å². The van der Waals surface area contributed by atoms with E-state index < -0.39 is 0 Å². The lowest BCUT2D eigenvalue weighted by Gasteiger charge is -2.01. The Morgan fingerprint density at radius 1 is 1.50 bits per heavy atom. The summed E-state index contributed by atoms with van der Waals surface area (Å²) in [6.07, 6.45) is 1.89. The van der Waals surface area contributed by atoms with Gasteiger partial charge in [-0.05, 0) is 12.8 Å². The Bertz CT molecular complexity index is 242. The Labute approximate surface area is 85.3 Å². The summed E-state index contributed by atoms with van der Waals surface area (Å²) < 4.78 is 0. The molecule has 1 aliphatic carbocycles. The number of hydrogen-bond acceptors (Lipinski definition) is 2. The maximum atomic E-state index is 11.1. The highest BCUT2D eigenvalue weighted by Crippen LogP contribution is 2.30. The minimum absolute atomic E-state index is 0.119. The smallest absolute Gasteiger partial charge is 0.250 e. The van der Waals surface area contributed by atoms with Gasteiger partial charge in [0.15, 0.2) is 0 Å². The second-order valence-electron chi connectivity index (χ2n) is 2.84. The van der Waals surface area contributed by atoms with Crippen molar-refractivity contribution in [1.29, 1.82) is 0 Å². The van der Waals surface area contributed by atoms with E-state index in [-0.39, 0.29) is 17.7 Å². The minimum atomic E-state index is -0.121. The Morgan fingerprint density at radius 3 is 2.36 bits per heavy atom. The van der Waals surface area contributed by atoms with Gasteiger partial charge in [0.2, 0.25) is 0 Å². The third-order valence-electron chi connectivity index (χ3n) is 1.77.